The second-order valence-electron chi connectivity index (χ2n) is 3.80. The van der Waals surface area contributed by atoms with Crippen LogP contribution in [0.15, 0.2) is 27.2 Å². The van der Waals surface area contributed by atoms with Crippen molar-refractivity contribution in [1.29, 1.82) is 0 Å². The van der Waals surface area contributed by atoms with E-state index in [-0.39, 0.29) is 5.69 Å². The summed E-state index contributed by atoms with van der Waals surface area (Å²) in [6, 6.07) is 5.84. The van der Waals surface area contributed by atoms with Gasteiger partial charge in [-0.1, -0.05) is 28.9 Å². The summed E-state index contributed by atoms with van der Waals surface area (Å²) in [5.74, 6) is -0.670. The predicted molar refractivity (Wildman–Crippen MR) is 66.1 cm³/mol. The molecule has 2 aromatic rings. The Kier molecular flexibility index (Phi) is 3.02. The average Bonchev–Trinajstić information content (AvgIpc) is 2.60. The maximum atomic E-state index is 10.9. The maximum absolute atomic E-state index is 10.9. The van der Waals surface area contributed by atoms with Gasteiger partial charge in [-0.25, -0.2) is 4.79 Å². The molecule has 0 atom stereocenters. The molecule has 1 heterocycles. The fourth-order valence-corrected chi connectivity index (χ4v) is 2.18. The van der Waals surface area contributed by atoms with Crippen molar-refractivity contribution in [3.8, 4) is 11.3 Å². The Morgan fingerprint density at radius 2 is 2.12 bits per heavy atom. The number of aromatic carboxylic acids is 1. The van der Waals surface area contributed by atoms with E-state index in [1.807, 2.05) is 32.0 Å². The SMILES string of the molecule is Cc1ccc(-c2onc(C(=O)O)c2Br)c(C)c1. The molecule has 0 fully saturated rings. The second kappa shape index (κ2) is 4.33. The molecule has 1 N–H and O–H groups in total. The number of carboxylic acid groups (broad SMARTS) is 1. The van der Waals surface area contributed by atoms with Crippen LogP contribution in [0.5, 0.6) is 0 Å². The minimum absolute atomic E-state index is 0.111. The van der Waals surface area contributed by atoms with Gasteiger partial charge in [0.25, 0.3) is 0 Å². The highest BCUT2D eigenvalue weighted by molar-refractivity contribution is 9.10. The van der Waals surface area contributed by atoms with Crippen LogP contribution in [0.3, 0.4) is 0 Å². The van der Waals surface area contributed by atoms with Crippen LogP contribution in [-0.2, 0) is 0 Å². The number of hydrogen-bond acceptors (Lipinski definition) is 3. The standard InChI is InChI=1S/C12H10BrNO3/c1-6-3-4-8(7(2)5-6)11-9(13)10(12(15)16)14-17-11/h3-5H,1-2H3,(H,15,16). The molecule has 1 aromatic heterocycles. The van der Waals surface area contributed by atoms with E-state index in [0.717, 1.165) is 16.7 Å². The van der Waals surface area contributed by atoms with E-state index in [4.69, 9.17) is 9.63 Å². The molecule has 0 saturated heterocycles. The molecule has 2 rings (SSSR count). The fraction of sp³-hybridized carbons (Fsp3) is 0.167. The largest absolute Gasteiger partial charge is 0.476 e. The molecule has 0 aliphatic rings. The molecular formula is C12H10BrNO3. The van der Waals surface area contributed by atoms with E-state index >= 15 is 0 Å². The fourth-order valence-electron chi connectivity index (χ4n) is 1.65. The van der Waals surface area contributed by atoms with E-state index in [9.17, 15) is 4.79 Å². The third kappa shape index (κ3) is 2.10. The Bertz CT molecular complexity index is 589. The summed E-state index contributed by atoms with van der Waals surface area (Å²) in [6.07, 6.45) is 0. The lowest BCUT2D eigenvalue weighted by molar-refractivity contribution is 0.0685. The van der Waals surface area contributed by atoms with E-state index in [2.05, 4.69) is 21.1 Å². The van der Waals surface area contributed by atoms with E-state index in [1.165, 1.54) is 0 Å². The van der Waals surface area contributed by atoms with Gasteiger partial charge in [-0.3, -0.25) is 0 Å². The summed E-state index contributed by atoms with van der Waals surface area (Å²) in [4.78, 5) is 10.9. The molecule has 0 radical (unpaired) electrons. The highest BCUT2D eigenvalue weighted by atomic mass is 79.9. The van der Waals surface area contributed by atoms with Crippen LogP contribution < -0.4 is 0 Å². The van der Waals surface area contributed by atoms with Crippen molar-refractivity contribution in [2.75, 3.05) is 0 Å². The lowest BCUT2D eigenvalue weighted by atomic mass is 10.0. The van der Waals surface area contributed by atoms with Crippen LogP contribution >= 0.6 is 15.9 Å². The monoisotopic (exact) mass is 295 g/mol. The van der Waals surface area contributed by atoms with Crippen molar-refractivity contribution in [2.45, 2.75) is 13.8 Å². The Labute approximate surface area is 106 Å². The molecule has 0 spiro atoms. The number of aryl methyl sites for hydroxylation is 2. The van der Waals surface area contributed by atoms with Crippen LogP contribution in [0.4, 0.5) is 0 Å². The maximum Gasteiger partial charge on any atom is 0.359 e. The molecule has 17 heavy (non-hydrogen) atoms. The zero-order valence-corrected chi connectivity index (χ0v) is 10.9. The molecule has 0 aliphatic carbocycles. The van der Waals surface area contributed by atoms with Crippen molar-refractivity contribution in [3.05, 3.63) is 39.5 Å². The molecule has 5 heteroatoms. The molecular weight excluding hydrogens is 286 g/mol. The van der Waals surface area contributed by atoms with Gasteiger partial charge in [0.1, 0.15) is 4.47 Å². The van der Waals surface area contributed by atoms with Crippen LogP contribution in [-0.4, -0.2) is 16.2 Å². The summed E-state index contributed by atoms with van der Waals surface area (Å²) in [5, 5.41) is 12.4. The molecule has 88 valence electrons. The van der Waals surface area contributed by atoms with E-state index in [0.29, 0.717) is 10.2 Å². The van der Waals surface area contributed by atoms with Crippen molar-refractivity contribution in [2.24, 2.45) is 0 Å². The highest BCUT2D eigenvalue weighted by Gasteiger charge is 2.21. The van der Waals surface area contributed by atoms with Crippen molar-refractivity contribution in [3.63, 3.8) is 0 Å². The third-order valence-electron chi connectivity index (χ3n) is 2.46. The second-order valence-corrected chi connectivity index (χ2v) is 4.59. The topological polar surface area (TPSA) is 63.3 Å². The Balaban J connectivity index is 2.57. The van der Waals surface area contributed by atoms with Crippen molar-refractivity contribution in [1.82, 2.24) is 5.16 Å². The Hall–Kier alpha value is -1.62. The van der Waals surface area contributed by atoms with Crippen molar-refractivity contribution < 1.29 is 14.4 Å². The zero-order valence-electron chi connectivity index (χ0n) is 9.32. The lowest BCUT2D eigenvalue weighted by Crippen LogP contribution is -1.96. The van der Waals surface area contributed by atoms with Gasteiger partial charge in [-0.2, -0.15) is 0 Å². The number of hydrogen-bond donors (Lipinski definition) is 1. The normalized spacial score (nSPS) is 10.5. The number of benzene rings is 1. The quantitative estimate of drug-likeness (QED) is 0.922. The first-order chi connectivity index (χ1) is 8.00. The number of aromatic nitrogens is 1. The number of halogens is 1. The Morgan fingerprint density at radius 3 is 2.65 bits per heavy atom. The Morgan fingerprint density at radius 1 is 1.41 bits per heavy atom. The van der Waals surface area contributed by atoms with Gasteiger partial charge in [0, 0.05) is 5.56 Å². The van der Waals surface area contributed by atoms with Gasteiger partial charge in [0.05, 0.1) is 0 Å². The van der Waals surface area contributed by atoms with Gasteiger partial charge < -0.3 is 9.63 Å². The van der Waals surface area contributed by atoms with Crippen LogP contribution in [0.25, 0.3) is 11.3 Å². The molecule has 1 aromatic carbocycles. The molecule has 0 aliphatic heterocycles. The number of nitrogens with zero attached hydrogens (tertiary/aromatic N) is 1. The number of rotatable bonds is 2. The van der Waals surface area contributed by atoms with Crippen LogP contribution in [0.2, 0.25) is 0 Å². The van der Waals surface area contributed by atoms with Gasteiger partial charge in [0.15, 0.2) is 5.76 Å². The van der Waals surface area contributed by atoms with Crippen molar-refractivity contribution >= 4 is 21.9 Å². The van der Waals surface area contributed by atoms with Crippen LogP contribution in [0, 0.1) is 13.8 Å². The number of carbonyl (C=O) groups is 1. The smallest absolute Gasteiger partial charge is 0.359 e. The summed E-state index contributed by atoms with van der Waals surface area (Å²) >= 11 is 3.20. The molecule has 0 saturated carbocycles. The van der Waals surface area contributed by atoms with E-state index in [1.54, 1.807) is 0 Å². The van der Waals surface area contributed by atoms with Gasteiger partial charge in [-0.15, -0.1) is 0 Å². The average molecular weight is 296 g/mol. The molecule has 0 bridgehead atoms. The zero-order chi connectivity index (χ0) is 12.6. The van der Waals surface area contributed by atoms with Gasteiger partial charge in [-0.05, 0) is 35.3 Å². The summed E-state index contributed by atoms with van der Waals surface area (Å²) < 4.78 is 5.46. The third-order valence-corrected chi connectivity index (χ3v) is 3.20. The lowest BCUT2D eigenvalue weighted by Gasteiger charge is -2.03. The first-order valence-electron chi connectivity index (χ1n) is 4.97. The predicted octanol–water partition coefficient (Wildman–Crippen LogP) is 3.42. The van der Waals surface area contributed by atoms with Gasteiger partial charge >= 0.3 is 5.97 Å². The van der Waals surface area contributed by atoms with Crippen LogP contribution in [0.1, 0.15) is 21.6 Å². The molecule has 0 amide bonds. The van der Waals surface area contributed by atoms with E-state index < -0.39 is 5.97 Å². The van der Waals surface area contributed by atoms with Gasteiger partial charge in [0.2, 0.25) is 5.69 Å². The summed E-state index contributed by atoms with van der Waals surface area (Å²) in [7, 11) is 0. The molecule has 0 unspecified atom stereocenters. The first kappa shape index (κ1) is 11.9. The minimum atomic E-state index is -1.11. The first-order valence-corrected chi connectivity index (χ1v) is 5.76. The summed E-state index contributed by atoms with van der Waals surface area (Å²) in [5.41, 5.74) is 2.88. The highest BCUT2D eigenvalue weighted by Crippen LogP contribution is 2.33. The summed E-state index contributed by atoms with van der Waals surface area (Å²) in [6.45, 7) is 3.94. The minimum Gasteiger partial charge on any atom is -0.476 e. The molecule has 4 nitrogen and oxygen atoms in total. The number of carboxylic acids is 1.